The summed E-state index contributed by atoms with van der Waals surface area (Å²) in [5.41, 5.74) is 8.65. The van der Waals surface area contributed by atoms with Crippen molar-refractivity contribution in [2.45, 2.75) is 26.4 Å². The van der Waals surface area contributed by atoms with Crippen LogP contribution >= 0.6 is 0 Å². The Morgan fingerprint density at radius 3 is 3.05 bits per heavy atom. The number of hydrogen-bond acceptors (Lipinski definition) is 4. The Morgan fingerprint density at radius 2 is 2.37 bits per heavy atom. The first-order chi connectivity index (χ1) is 9.15. The molecule has 0 aliphatic carbocycles. The monoisotopic (exact) mass is 263 g/mol. The summed E-state index contributed by atoms with van der Waals surface area (Å²) in [7, 11) is 0. The lowest BCUT2D eigenvalue weighted by Gasteiger charge is -2.35. The molecule has 5 heteroatoms. The SMILES string of the molecule is CCC1CN(c2ccc(C)cc2/C(N)=N/O)CCO1. The van der Waals surface area contributed by atoms with E-state index < -0.39 is 0 Å². The number of rotatable bonds is 3. The highest BCUT2D eigenvalue weighted by Crippen LogP contribution is 2.24. The molecule has 1 aromatic rings. The van der Waals surface area contributed by atoms with Crippen LogP contribution in [0.1, 0.15) is 24.5 Å². The third-order valence-electron chi connectivity index (χ3n) is 3.47. The lowest BCUT2D eigenvalue weighted by atomic mass is 10.1. The molecule has 0 saturated carbocycles. The van der Waals surface area contributed by atoms with E-state index in [0.29, 0.717) is 6.61 Å². The van der Waals surface area contributed by atoms with Crippen LogP contribution in [0.2, 0.25) is 0 Å². The minimum Gasteiger partial charge on any atom is -0.409 e. The molecule has 0 radical (unpaired) electrons. The quantitative estimate of drug-likeness (QED) is 0.377. The number of nitrogens with zero attached hydrogens (tertiary/aromatic N) is 2. The average molecular weight is 263 g/mol. The zero-order valence-electron chi connectivity index (χ0n) is 11.5. The van der Waals surface area contributed by atoms with E-state index >= 15 is 0 Å². The molecule has 0 aromatic heterocycles. The van der Waals surface area contributed by atoms with E-state index in [9.17, 15) is 0 Å². The van der Waals surface area contributed by atoms with Crippen LogP contribution in [0.25, 0.3) is 0 Å². The number of nitrogens with two attached hydrogens (primary N) is 1. The van der Waals surface area contributed by atoms with Gasteiger partial charge in [-0.3, -0.25) is 0 Å². The Kier molecular flexibility index (Phi) is 4.27. The molecule has 1 heterocycles. The fourth-order valence-electron chi connectivity index (χ4n) is 2.37. The van der Waals surface area contributed by atoms with Crippen LogP contribution in [-0.2, 0) is 4.74 Å². The van der Waals surface area contributed by atoms with E-state index in [1.807, 2.05) is 25.1 Å². The molecule has 3 N–H and O–H groups in total. The fourth-order valence-corrected chi connectivity index (χ4v) is 2.37. The maximum atomic E-state index is 8.92. The van der Waals surface area contributed by atoms with Gasteiger partial charge in [0.1, 0.15) is 0 Å². The molecule has 1 saturated heterocycles. The van der Waals surface area contributed by atoms with Crippen LogP contribution in [0, 0.1) is 6.92 Å². The number of amidine groups is 1. The Bertz CT molecular complexity index is 474. The third kappa shape index (κ3) is 2.98. The molecule has 1 atom stereocenters. The van der Waals surface area contributed by atoms with Crippen molar-refractivity contribution < 1.29 is 9.94 Å². The van der Waals surface area contributed by atoms with Crippen LogP contribution in [0.15, 0.2) is 23.4 Å². The topological polar surface area (TPSA) is 71.1 Å². The molecule has 1 aliphatic rings. The molecule has 1 aromatic carbocycles. The predicted octanol–water partition coefficient (Wildman–Crippen LogP) is 1.70. The van der Waals surface area contributed by atoms with Crippen molar-refractivity contribution in [1.82, 2.24) is 0 Å². The van der Waals surface area contributed by atoms with Gasteiger partial charge in [-0.25, -0.2) is 0 Å². The number of oxime groups is 1. The van der Waals surface area contributed by atoms with E-state index in [-0.39, 0.29) is 11.9 Å². The number of ether oxygens (including phenoxy) is 1. The summed E-state index contributed by atoms with van der Waals surface area (Å²) in [6, 6.07) is 6.02. The molecule has 1 unspecified atom stereocenters. The second-order valence-corrected chi connectivity index (χ2v) is 4.85. The van der Waals surface area contributed by atoms with E-state index in [2.05, 4.69) is 17.0 Å². The van der Waals surface area contributed by atoms with Crippen molar-refractivity contribution in [2.75, 3.05) is 24.6 Å². The van der Waals surface area contributed by atoms with Crippen molar-refractivity contribution in [1.29, 1.82) is 0 Å². The molecule has 1 fully saturated rings. The smallest absolute Gasteiger partial charge is 0.172 e. The van der Waals surface area contributed by atoms with E-state index in [0.717, 1.165) is 36.3 Å². The first-order valence-corrected chi connectivity index (χ1v) is 6.60. The van der Waals surface area contributed by atoms with Crippen molar-refractivity contribution in [3.05, 3.63) is 29.3 Å². The summed E-state index contributed by atoms with van der Waals surface area (Å²) in [6.07, 6.45) is 1.23. The molecular weight excluding hydrogens is 242 g/mol. The maximum Gasteiger partial charge on any atom is 0.172 e. The van der Waals surface area contributed by atoms with Crippen LogP contribution in [0.3, 0.4) is 0 Å². The number of morpholine rings is 1. The fraction of sp³-hybridized carbons (Fsp3) is 0.500. The van der Waals surface area contributed by atoms with Gasteiger partial charge in [-0.1, -0.05) is 23.7 Å². The number of benzene rings is 1. The molecule has 1 aliphatic heterocycles. The van der Waals surface area contributed by atoms with Gasteiger partial charge in [-0.05, 0) is 25.5 Å². The van der Waals surface area contributed by atoms with Crippen molar-refractivity contribution in [2.24, 2.45) is 10.9 Å². The molecule has 0 bridgehead atoms. The van der Waals surface area contributed by atoms with Gasteiger partial charge in [0.15, 0.2) is 5.84 Å². The summed E-state index contributed by atoms with van der Waals surface area (Å²) in [6.45, 7) is 6.48. The van der Waals surface area contributed by atoms with Gasteiger partial charge in [0.05, 0.1) is 12.7 Å². The van der Waals surface area contributed by atoms with E-state index in [4.69, 9.17) is 15.7 Å². The lowest BCUT2D eigenvalue weighted by Crippen LogP contribution is -2.43. The van der Waals surface area contributed by atoms with Crippen molar-refractivity contribution >= 4 is 11.5 Å². The van der Waals surface area contributed by atoms with Gasteiger partial charge in [-0.2, -0.15) is 0 Å². The number of hydrogen-bond donors (Lipinski definition) is 2. The highest BCUT2D eigenvalue weighted by Gasteiger charge is 2.22. The predicted molar refractivity (Wildman–Crippen MR) is 75.9 cm³/mol. The van der Waals surface area contributed by atoms with Gasteiger partial charge >= 0.3 is 0 Å². The van der Waals surface area contributed by atoms with Crippen LogP contribution < -0.4 is 10.6 Å². The molecule has 0 amide bonds. The summed E-state index contributed by atoms with van der Waals surface area (Å²) in [4.78, 5) is 2.24. The largest absolute Gasteiger partial charge is 0.409 e. The lowest BCUT2D eigenvalue weighted by molar-refractivity contribution is 0.0384. The summed E-state index contributed by atoms with van der Waals surface area (Å²) < 4.78 is 5.68. The molecule has 2 rings (SSSR count). The normalized spacial score (nSPS) is 20.6. The summed E-state index contributed by atoms with van der Waals surface area (Å²) in [5, 5.41) is 12.1. The Morgan fingerprint density at radius 1 is 1.58 bits per heavy atom. The highest BCUT2D eigenvalue weighted by molar-refractivity contribution is 6.02. The van der Waals surface area contributed by atoms with Gasteiger partial charge in [0.25, 0.3) is 0 Å². The molecule has 104 valence electrons. The van der Waals surface area contributed by atoms with Crippen molar-refractivity contribution in [3.63, 3.8) is 0 Å². The summed E-state index contributed by atoms with van der Waals surface area (Å²) in [5.74, 6) is 0.151. The van der Waals surface area contributed by atoms with Gasteiger partial charge < -0.3 is 20.6 Å². The number of aryl methyl sites for hydroxylation is 1. The van der Waals surface area contributed by atoms with Crippen molar-refractivity contribution in [3.8, 4) is 0 Å². The van der Waals surface area contributed by atoms with Crippen LogP contribution in [0.5, 0.6) is 0 Å². The maximum absolute atomic E-state index is 8.92. The molecule has 5 nitrogen and oxygen atoms in total. The molecule has 0 spiro atoms. The Labute approximate surface area is 113 Å². The first-order valence-electron chi connectivity index (χ1n) is 6.60. The van der Waals surface area contributed by atoms with Crippen LogP contribution in [-0.4, -0.2) is 36.8 Å². The van der Waals surface area contributed by atoms with Gasteiger partial charge in [0.2, 0.25) is 0 Å². The Balaban J connectivity index is 2.33. The first kappa shape index (κ1) is 13.7. The number of anilines is 1. The average Bonchev–Trinajstić information content (AvgIpc) is 2.46. The second kappa shape index (κ2) is 5.93. The standard InChI is InChI=1S/C14H21N3O2/c1-3-11-9-17(6-7-19-11)13-5-4-10(2)8-12(13)14(15)16-18/h4-5,8,11,18H,3,6-7,9H2,1-2H3,(H2,15,16). The zero-order chi connectivity index (χ0) is 13.8. The Hall–Kier alpha value is -1.75. The van der Waals surface area contributed by atoms with Gasteiger partial charge in [0, 0.05) is 24.3 Å². The molecule has 19 heavy (non-hydrogen) atoms. The summed E-state index contributed by atoms with van der Waals surface area (Å²) >= 11 is 0. The second-order valence-electron chi connectivity index (χ2n) is 4.85. The van der Waals surface area contributed by atoms with E-state index in [1.54, 1.807) is 0 Å². The molecular formula is C14H21N3O2. The minimum absolute atomic E-state index is 0.151. The third-order valence-corrected chi connectivity index (χ3v) is 3.47. The van der Waals surface area contributed by atoms with E-state index in [1.165, 1.54) is 0 Å². The highest BCUT2D eigenvalue weighted by atomic mass is 16.5. The van der Waals surface area contributed by atoms with Crippen LogP contribution in [0.4, 0.5) is 5.69 Å². The van der Waals surface area contributed by atoms with Gasteiger partial charge in [-0.15, -0.1) is 0 Å². The minimum atomic E-state index is 0.151. The zero-order valence-corrected chi connectivity index (χ0v) is 11.5.